The van der Waals surface area contributed by atoms with Gasteiger partial charge >= 0.3 is 0 Å². The first-order valence-corrected chi connectivity index (χ1v) is 8.45. The summed E-state index contributed by atoms with van der Waals surface area (Å²) in [5.41, 5.74) is 1.23. The number of hydrogen-bond acceptors (Lipinski definition) is 3. The normalized spacial score (nSPS) is 44.1. The van der Waals surface area contributed by atoms with Crippen molar-refractivity contribution in [2.75, 3.05) is 5.32 Å². The van der Waals surface area contributed by atoms with Crippen molar-refractivity contribution in [3.8, 4) is 0 Å². The Morgan fingerprint density at radius 1 is 1.10 bits per heavy atom. The Morgan fingerprint density at radius 2 is 1.76 bits per heavy atom. The molecule has 114 valence electrons. The number of aromatic nitrogens is 2. The molecule has 5 rings (SSSR count). The second-order valence-corrected chi connectivity index (χ2v) is 9.05. The highest BCUT2D eigenvalue weighted by atomic mass is 35.5. The van der Waals surface area contributed by atoms with E-state index in [0.717, 1.165) is 17.6 Å². The van der Waals surface area contributed by atoms with Crippen molar-refractivity contribution in [1.29, 1.82) is 0 Å². The third-order valence-corrected chi connectivity index (χ3v) is 6.02. The van der Waals surface area contributed by atoms with Gasteiger partial charge in [0.15, 0.2) is 0 Å². The summed E-state index contributed by atoms with van der Waals surface area (Å²) in [6, 6.07) is 1.87. The maximum atomic E-state index is 6.10. The fourth-order valence-corrected chi connectivity index (χ4v) is 6.68. The minimum Gasteiger partial charge on any atom is -0.364 e. The van der Waals surface area contributed by atoms with Crippen LogP contribution >= 0.6 is 11.6 Å². The highest BCUT2D eigenvalue weighted by Gasteiger charge is 2.60. The number of halogens is 1. The van der Waals surface area contributed by atoms with Crippen molar-refractivity contribution >= 4 is 17.4 Å². The highest BCUT2D eigenvalue weighted by Crippen LogP contribution is 2.66. The van der Waals surface area contributed by atoms with E-state index in [9.17, 15) is 0 Å². The molecule has 4 bridgehead atoms. The summed E-state index contributed by atoms with van der Waals surface area (Å²) in [6.07, 6.45) is 8.05. The number of nitrogens with zero attached hydrogens (tertiary/aromatic N) is 2. The van der Waals surface area contributed by atoms with E-state index >= 15 is 0 Å². The van der Waals surface area contributed by atoms with Gasteiger partial charge in [-0.3, -0.25) is 0 Å². The molecule has 1 aromatic rings. The van der Waals surface area contributed by atoms with E-state index in [0.29, 0.717) is 16.0 Å². The van der Waals surface area contributed by atoms with Gasteiger partial charge in [0.1, 0.15) is 16.8 Å². The molecule has 0 aliphatic heterocycles. The second kappa shape index (κ2) is 4.13. The molecular formula is C17H24ClN3. The van der Waals surface area contributed by atoms with Crippen molar-refractivity contribution in [2.24, 2.45) is 16.7 Å². The predicted octanol–water partition coefficient (Wildman–Crippen LogP) is 4.60. The van der Waals surface area contributed by atoms with Gasteiger partial charge in [-0.2, -0.15) is 0 Å². The third kappa shape index (κ3) is 2.34. The SMILES string of the molecule is Cc1nc(Cl)cc(NC23CC4CC(C)(CC(C)(C4)C2)C3)n1. The van der Waals surface area contributed by atoms with Gasteiger partial charge in [-0.1, -0.05) is 25.4 Å². The summed E-state index contributed by atoms with van der Waals surface area (Å²) < 4.78 is 0. The molecule has 1 N–H and O–H groups in total. The van der Waals surface area contributed by atoms with Crippen LogP contribution in [0, 0.1) is 23.7 Å². The maximum Gasteiger partial charge on any atom is 0.134 e. The topological polar surface area (TPSA) is 37.8 Å². The number of anilines is 1. The van der Waals surface area contributed by atoms with E-state index in [2.05, 4.69) is 29.1 Å². The summed E-state index contributed by atoms with van der Waals surface area (Å²) in [4.78, 5) is 8.72. The Hall–Kier alpha value is -0.830. The Bertz CT molecular complexity index is 561. The minimum absolute atomic E-state index is 0.215. The lowest BCUT2D eigenvalue weighted by atomic mass is 9.43. The molecule has 4 fully saturated rings. The molecule has 4 saturated carbocycles. The zero-order valence-corrected chi connectivity index (χ0v) is 13.9. The fourth-order valence-electron chi connectivity index (χ4n) is 6.45. The van der Waals surface area contributed by atoms with Gasteiger partial charge in [-0.05, 0) is 62.2 Å². The van der Waals surface area contributed by atoms with Crippen molar-refractivity contribution in [2.45, 2.75) is 64.8 Å². The Labute approximate surface area is 131 Å². The first kappa shape index (κ1) is 13.8. The molecule has 1 heterocycles. The first-order chi connectivity index (χ1) is 9.77. The average Bonchev–Trinajstić information content (AvgIpc) is 2.19. The number of aryl methyl sites for hydroxylation is 1. The fraction of sp³-hybridized carbons (Fsp3) is 0.765. The molecule has 2 atom stereocenters. The smallest absolute Gasteiger partial charge is 0.134 e. The molecule has 2 unspecified atom stereocenters. The quantitative estimate of drug-likeness (QED) is 0.811. The van der Waals surface area contributed by atoms with Crippen LogP contribution in [-0.4, -0.2) is 15.5 Å². The lowest BCUT2D eigenvalue weighted by molar-refractivity contribution is -0.0973. The molecule has 0 aromatic carbocycles. The van der Waals surface area contributed by atoms with Crippen LogP contribution in [0.4, 0.5) is 5.82 Å². The molecule has 4 aliphatic rings. The van der Waals surface area contributed by atoms with Gasteiger partial charge in [0.05, 0.1) is 0 Å². The van der Waals surface area contributed by atoms with Gasteiger partial charge in [0.25, 0.3) is 0 Å². The zero-order valence-electron chi connectivity index (χ0n) is 13.2. The van der Waals surface area contributed by atoms with Gasteiger partial charge in [0, 0.05) is 11.6 Å². The van der Waals surface area contributed by atoms with Gasteiger partial charge in [-0.25, -0.2) is 9.97 Å². The van der Waals surface area contributed by atoms with Crippen molar-refractivity contribution in [1.82, 2.24) is 9.97 Å². The van der Waals surface area contributed by atoms with Crippen LogP contribution in [0.1, 0.15) is 58.2 Å². The second-order valence-electron chi connectivity index (χ2n) is 8.66. The Balaban J connectivity index is 1.68. The maximum absolute atomic E-state index is 6.10. The molecule has 0 spiro atoms. The predicted molar refractivity (Wildman–Crippen MR) is 85.5 cm³/mol. The van der Waals surface area contributed by atoms with Crippen LogP contribution in [0.25, 0.3) is 0 Å². The molecular weight excluding hydrogens is 282 g/mol. The number of rotatable bonds is 2. The Morgan fingerprint density at radius 3 is 2.33 bits per heavy atom. The van der Waals surface area contributed by atoms with E-state index in [1.54, 1.807) is 0 Å². The largest absolute Gasteiger partial charge is 0.364 e. The summed E-state index contributed by atoms with van der Waals surface area (Å²) in [5, 5.41) is 4.32. The van der Waals surface area contributed by atoms with Gasteiger partial charge in [0.2, 0.25) is 0 Å². The van der Waals surface area contributed by atoms with Gasteiger partial charge < -0.3 is 5.32 Å². The third-order valence-electron chi connectivity index (χ3n) is 5.83. The van der Waals surface area contributed by atoms with E-state index in [1.165, 1.54) is 38.5 Å². The standard InChI is InChI=1S/C17H24ClN3/c1-11-19-13(18)4-14(20-11)21-17-7-12-5-15(2,9-17)8-16(3,6-12)10-17/h4,12H,5-10H2,1-3H3,(H,19,20,21). The molecule has 4 heteroatoms. The highest BCUT2D eigenvalue weighted by molar-refractivity contribution is 6.29. The molecule has 3 nitrogen and oxygen atoms in total. The minimum atomic E-state index is 0.215. The summed E-state index contributed by atoms with van der Waals surface area (Å²) in [5.74, 6) is 2.52. The monoisotopic (exact) mass is 305 g/mol. The van der Waals surface area contributed by atoms with Crippen molar-refractivity contribution in [3.05, 3.63) is 17.0 Å². The lowest BCUT2D eigenvalue weighted by Crippen LogP contribution is -2.61. The van der Waals surface area contributed by atoms with Crippen LogP contribution in [0.2, 0.25) is 5.15 Å². The average molecular weight is 306 g/mol. The summed E-state index contributed by atoms with van der Waals surface area (Å²) in [6.45, 7) is 6.88. The molecule has 1 aromatic heterocycles. The van der Waals surface area contributed by atoms with Gasteiger partial charge in [-0.15, -0.1) is 0 Å². The van der Waals surface area contributed by atoms with Crippen LogP contribution in [0.15, 0.2) is 6.07 Å². The molecule has 0 saturated heterocycles. The summed E-state index contributed by atoms with van der Waals surface area (Å²) >= 11 is 6.10. The van der Waals surface area contributed by atoms with E-state index in [-0.39, 0.29) is 5.54 Å². The van der Waals surface area contributed by atoms with E-state index in [4.69, 9.17) is 11.6 Å². The van der Waals surface area contributed by atoms with Crippen molar-refractivity contribution in [3.63, 3.8) is 0 Å². The molecule has 0 amide bonds. The summed E-state index contributed by atoms with van der Waals surface area (Å²) in [7, 11) is 0. The van der Waals surface area contributed by atoms with E-state index < -0.39 is 0 Å². The molecule has 4 aliphatic carbocycles. The number of hydrogen-bond donors (Lipinski definition) is 1. The van der Waals surface area contributed by atoms with Crippen molar-refractivity contribution < 1.29 is 0 Å². The van der Waals surface area contributed by atoms with E-state index in [1.807, 2.05) is 13.0 Å². The molecule has 0 radical (unpaired) electrons. The van der Waals surface area contributed by atoms with Crippen LogP contribution < -0.4 is 5.32 Å². The van der Waals surface area contributed by atoms with Crippen LogP contribution in [-0.2, 0) is 0 Å². The van der Waals surface area contributed by atoms with Crippen LogP contribution in [0.3, 0.4) is 0 Å². The molecule has 21 heavy (non-hydrogen) atoms. The number of nitrogens with one attached hydrogen (secondary N) is 1. The zero-order chi connectivity index (χ0) is 14.9. The van der Waals surface area contributed by atoms with Crippen LogP contribution in [0.5, 0.6) is 0 Å². The lowest BCUT2D eigenvalue weighted by Gasteiger charge is -2.65. The Kier molecular flexibility index (Phi) is 2.71. The first-order valence-electron chi connectivity index (χ1n) is 8.07.